The number of likely N-dealkylation sites (N-methyl/N-ethyl adjacent to an activating group) is 1. The Hall–Kier alpha value is -1.07. The van der Waals surface area contributed by atoms with Crippen LogP contribution in [0, 0.1) is 0 Å². The third-order valence-corrected chi connectivity index (χ3v) is 5.58. The van der Waals surface area contributed by atoms with Crippen LogP contribution in [0.3, 0.4) is 0 Å². The molecular formula is C12H22ClN3O5S2. The van der Waals surface area contributed by atoms with Crippen LogP contribution in [0.4, 0.5) is 5.69 Å². The van der Waals surface area contributed by atoms with E-state index in [0.717, 1.165) is 0 Å². The zero-order valence-electron chi connectivity index (χ0n) is 13.1. The fraction of sp³-hybridized carbons (Fsp3) is 0.500. The molecule has 23 heavy (non-hydrogen) atoms. The minimum absolute atomic E-state index is 0. The molecule has 0 fully saturated rings. The van der Waals surface area contributed by atoms with Crippen molar-refractivity contribution in [3.8, 4) is 5.75 Å². The van der Waals surface area contributed by atoms with E-state index in [1.54, 1.807) is 7.05 Å². The topological polar surface area (TPSA) is 114 Å². The number of methoxy groups -OCH3 is 1. The molecule has 3 N–H and O–H groups in total. The van der Waals surface area contributed by atoms with Gasteiger partial charge in [0.05, 0.1) is 18.6 Å². The number of halogens is 1. The van der Waals surface area contributed by atoms with Crippen LogP contribution in [-0.4, -0.2) is 49.8 Å². The molecule has 0 amide bonds. The standard InChI is InChI=1S/C12H21N3O5S2.ClH/c1-4-21(16,17)15-10-5-6-12(11(9-10)20-3)22(18,19)14-8-7-13-2;/h5-6,9,13-15H,4,7-8H2,1-3H3;1H. The smallest absolute Gasteiger partial charge is 0.244 e. The number of sulfonamides is 2. The van der Waals surface area contributed by atoms with E-state index in [9.17, 15) is 16.8 Å². The van der Waals surface area contributed by atoms with E-state index in [1.807, 2.05) is 0 Å². The van der Waals surface area contributed by atoms with Gasteiger partial charge < -0.3 is 10.1 Å². The van der Waals surface area contributed by atoms with Crippen molar-refractivity contribution in [2.45, 2.75) is 11.8 Å². The van der Waals surface area contributed by atoms with Gasteiger partial charge in [0.15, 0.2) is 0 Å². The van der Waals surface area contributed by atoms with Gasteiger partial charge in [-0.05, 0) is 26.1 Å². The predicted molar refractivity (Wildman–Crippen MR) is 92.4 cm³/mol. The Balaban J connectivity index is 0.00000484. The molecule has 1 aromatic carbocycles. The summed E-state index contributed by atoms with van der Waals surface area (Å²) >= 11 is 0. The van der Waals surface area contributed by atoms with Gasteiger partial charge >= 0.3 is 0 Å². The number of benzene rings is 1. The number of anilines is 1. The van der Waals surface area contributed by atoms with Crippen molar-refractivity contribution in [1.82, 2.24) is 10.0 Å². The lowest BCUT2D eigenvalue weighted by molar-refractivity contribution is 0.402. The van der Waals surface area contributed by atoms with Crippen LogP contribution in [0.2, 0.25) is 0 Å². The van der Waals surface area contributed by atoms with Crippen molar-refractivity contribution in [3.63, 3.8) is 0 Å². The second kappa shape index (κ2) is 9.28. The summed E-state index contributed by atoms with van der Waals surface area (Å²) in [6, 6.07) is 4.01. The van der Waals surface area contributed by atoms with Gasteiger partial charge in [0.1, 0.15) is 10.6 Å². The maximum atomic E-state index is 12.2. The average molecular weight is 388 g/mol. The summed E-state index contributed by atoms with van der Waals surface area (Å²) in [4.78, 5) is -0.0504. The zero-order valence-corrected chi connectivity index (χ0v) is 15.6. The first kappa shape index (κ1) is 21.9. The molecule has 8 nitrogen and oxygen atoms in total. The van der Waals surface area contributed by atoms with Crippen LogP contribution in [0.25, 0.3) is 0 Å². The van der Waals surface area contributed by atoms with E-state index in [1.165, 1.54) is 32.2 Å². The van der Waals surface area contributed by atoms with Crippen molar-refractivity contribution in [2.75, 3.05) is 37.7 Å². The van der Waals surface area contributed by atoms with Crippen LogP contribution >= 0.6 is 12.4 Å². The van der Waals surface area contributed by atoms with Gasteiger partial charge in [-0.15, -0.1) is 12.4 Å². The molecule has 0 saturated heterocycles. The molecule has 0 saturated carbocycles. The van der Waals surface area contributed by atoms with E-state index in [4.69, 9.17) is 4.74 Å². The predicted octanol–water partition coefficient (Wildman–Crippen LogP) is 0.376. The molecule has 0 spiro atoms. The number of nitrogens with one attached hydrogen (secondary N) is 3. The lowest BCUT2D eigenvalue weighted by Gasteiger charge is -2.13. The Morgan fingerprint density at radius 3 is 2.30 bits per heavy atom. The van der Waals surface area contributed by atoms with E-state index in [2.05, 4.69) is 14.8 Å². The number of ether oxygens (including phenoxy) is 1. The fourth-order valence-electron chi connectivity index (χ4n) is 1.59. The molecule has 0 radical (unpaired) electrons. The molecule has 0 aliphatic heterocycles. The first-order chi connectivity index (χ1) is 10.3. The monoisotopic (exact) mass is 387 g/mol. The summed E-state index contributed by atoms with van der Waals surface area (Å²) < 4.78 is 57.3. The Morgan fingerprint density at radius 1 is 1.13 bits per heavy atom. The van der Waals surface area contributed by atoms with Crippen LogP contribution < -0.4 is 19.5 Å². The third kappa shape index (κ3) is 6.51. The summed E-state index contributed by atoms with van der Waals surface area (Å²) in [6.07, 6.45) is 0. The highest BCUT2D eigenvalue weighted by molar-refractivity contribution is 7.92. The zero-order chi connectivity index (χ0) is 16.8. The summed E-state index contributed by atoms with van der Waals surface area (Å²) in [7, 11) is -4.14. The van der Waals surface area contributed by atoms with Gasteiger partial charge in [0.25, 0.3) is 0 Å². The summed E-state index contributed by atoms with van der Waals surface area (Å²) in [5.74, 6) is -0.0192. The molecule has 134 valence electrons. The van der Waals surface area contributed by atoms with E-state index in [-0.39, 0.29) is 41.0 Å². The summed E-state index contributed by atoms with van der Waals surface area (Å²) in [5, 5.41) is 2.83. The van der Waals surface area contributed by atoms with Crippen molar-refractivity contribution in [1.29, 1.82) is 0 Å². The van der Waals surface area contributed by atoms with Gasteiger partial charge in [0, 0.05) is 19.2 Å². The molecule has 1 rings (SSSR count). The second-order valence-electron chi connectivity index (χ2n) is 4.37. The Kier molecular flexibility index (Phi) is 8.85. The van der Waals surface area contributed by atoms with Crippen molar-refractivity contribution in [2.24, 2.45) is 0 Å². The Bertz CT molecular complexity index is 707. The molecule has 1 aromatic rings. The minimum Gasteiger partial charge on any atom is -0.495 e. The maximum Gasteiger partial charge on any atom is 0.244 e. The highest BCUT2D eigenvalue weighted by atomic mass is 35.5. The number of rotatable bonds is 9. The van der Waals surface area contributed by atoms with Gasteiger partial charge in [-0.25, -0.2) is 21.6 Å². The summed E-state index contributed by atoms with van der Waals surface area (Å²) in [5.41, 5.74) is 0.243. The minimum atomic E-state index is -3.73. The van der Waals surface area contributed by atoms with Crippen molar-refractivity contribution >= 4 is 38.1 Å². The molecule has 0 aliphatic rings. The van der Waals surface area contributed by atoms with Crippen LogP contribution in [0.15, 0.2) is 23.1 Å². The SMILES string of the molecule is CCS(=O)(=O)Nc1ccc(S(=O)(=O)NCCNC)c(OC)c1.Cl. The van der Waals surface area contributed by atoms with E-state index in [0.29, 0.717) is 6.54 Å². The molecule has 11 heteroatoms. The van der Waals surface area contributed by atoms with Crippen molar-refractivity contribution < 1.29 is 21.6 Å². The highest BCUT2D eigenvalue weighted by Gasteiger charge is 2.20. The quantitative estimate of drug-likeness (QED) is 0.528. The number of hydrogen-bond donors (Lipinski definition) is 3. The first-order valence-electron chi connectivity index (χ1n) is 6.58. The van der Waals surface area contributed by atoms with Crippen LogP contribution in [-0.2, 0) is 20.0 Å². The maximum absolute atomic E-state index is 12.2. The Morgan fingerprint density at radius 2 is 1.78 bits per heavy atom. The lowest BCUT2D eigenvalue weighted by atomic mass is 10.3. The van der Waals surface area contributed by atoms with E-state index >= 15 is 0 Å². The normalized spacial score (nSPS) is 11.6. The van der Waals surface area contributed by atoms with Gasteiger partial charge in [0.2, 0.25) is 20.0 Å². The molecule has 0 aromatic heterocycles. The fourth-order valence-corrected chi connectivity index (χ4v) is 3.40. The molecule has 0 bridgehead atoms. The highest BCUT2D eigenvalue weighted by Crippen LogP contribution is 2.27. The van der Waals surface area contributed by atoms with Crippen molar-refractivity contribution in [3.05, 3.63) is 18.2 Å². The van der Waals surface area contributed by atoms with Gasteiger partial charge in [-0.2, -0.15) is 0 Å². The van der Waals surface area contributed by atoms with Crippen LogP contribution in [0.1, 0.15) is 6.92 Å². The van der Waals surface area contributed by atoms with Crippen LogP contribution in [0.5, 0.6) is 5.75 Å². The molecular weight excluding hydrogens is 366 g/mol. The van der Waals surface area contributed by atoms with E-state index < -0.39 is 20.0 Å². The molecule has 0 unspecified atom stereocenters. The Labute approximate surface area is 143 Å². The number of hydrogen-bond acceptors (Lipinski definition) is 6. The molecule has 0 heterocycles. The molecule has 0 aliphatic carbocycles. The average Bonchev–Trinajstić information content (AvgIpc) is 2.46. The van der Waals surface area contributed by atoms with Gasteiger partial charge in [-0.1, -0.05) is 0 Å². The molecule has 0 atom stereocenters. The first-order valence-corrected chi connectivity index (χ1v) is 9.72. The second-order valence-corrected chi connectivity index (χ2v) is 8.12. The third-order valence-electron chi connectivity index (χ3n) is 2.77. The lowest BCUT2D eigenvalue weighted by Crippen LogP contribution is -2.30. The van der Waals surface area contributed by atoms with Gasteiger partial charge in [-0.3, -0.25) is 4.72 Å². The largest absolute Gasteiger partial charge is 0.495 e. The summed E-state index contributed by atoms with van der Waals surface area (Å²) in [6.45, 7) is 2.21.